The van der Waals surface area contributed by atoms with E-state index < -0.39 is 6.17 Å². The monoisotopic (exact) mass is 240 g/mol. The van der Waals surface area contributed by atoms with Crippen molar-refractivity contribution in [3.8, 4) is 0 Å². The molecule has 0 saturated carbocycles. The van der Waals surface area contributed by atoms with Gasteiger partial charge in [0.2, 0.25) is 0 Å². The molecule has 2 aliphatic rings. The SMILES string of the molecule is CC(=NC1CC2CCCN2C(C)(C)C1)C(C)F. The lowest BCUT2D eigenvalue weighted by Crippen LogP contribution is -2.53. The summed E-state index contributed by atoms with van der Waals surface area (Å²) in [6.07, 6.45) is 3.88. The van der Waals surface area contributed by atoms with Crippen LogP contribution in [0.5, 0.6) is 0 Å². The van der Waals surface area contributed by atoms with Gasteiger partial charge < -0.3 is 0 Å². The molecule has 2 saturated heterocycles. The minimum Gasteiger partial charge on any atom is -0.295 e. The van der Waals surface area contributed by atoms with Crippen LogP contribution in [0.3, 0.4) is 0 Å². The second-order valence-electron chi connectivity index (χ2n) is 6.28. The summed E-state index contributed by atoms with van der Waals surface area (Å²) in [5.41, 5.74) is 0.894. The van der Waals surface area contributed by atoms with Crippen molar-refractivity contribution in [2.45, 2.75) is 77.2 Å². The van der Waals surface area contributed by atoms with Gasteiger partial charge in [-0.2, -0.15) is 0 Å². The number of alkyl halides is 1. The number of hydrogen-bond donors (Lipinski definition) is 0. The van der Waals surface area contributed by atoms with Crippen molar-refractivity contribution in [1.82, 2.24) is 4.90 Å². The third kappa shape index (κ3) is 2.70. The van der Waals surface area contributed by atoms with E-state index in [9.17, 15) is 4.39 Å². The molecule has 0 aliphatic carbocycles. The lowest BCUT2D eigenvalue weighted by molar-refractivity contribution is 0.0466. The molecule has 2 nitrogen and oxygen atoms in total. The molecule has 0 aromatic carbocycles. The number of piperidine rings is 1. The lowest BCUT2D eigenvalue weighted by Gasteiger charge is -2.46. The van der Waals surface area contributed by atoms with Gasteiger partial charge in [0.05, 0.1) is 6.04 Å². The Morgan fingerprint density at radius 3 is 2.82 bits per heavy atom. The molecular formula is C14H25FN2. The summed E-state index contributed by atoms with van der Waals surface area (Å²) in [6.45, 7) is 9.24. The highest BCUT2D eigenvalue weighted by Crippen LogP contribution is 2.38. The van der Waals surface area contributed by atoms with Crippen LogP contribution in [0.4, 0.5) is 4.39 Å². The van der Waals surface area contributed by atoms with Gasteiger partial charge in [0.25, 0.3) is 0 Å². The van der Waals surface area contributed by atoms with E-state index in [0.717, 1.165) is 12.8 Å². The summed E-state index contributed by atoms with van der Waals surface area (Å²) >= 11 is 0. The topological polar surface area (TPSA) is 15.6 Å². The number of hydrogen-bond acceptors (Lipinski definition) is 2. The quantitative estimate of drug-likeness (QED) is 0.677. The van der Waals surface area contributed by atoms with Crippen molar-refractivity contribution in [2.75, 3.05) is 6.54 Å². The van der Waals surface area contributed by atoms with Crippen molar-refractivity contribution in [1.29, 1.82) is 0 Å². The molecule has 3 atom stereocenters. The predicted molar refractivity (Wildman–Crippen MR) is 70.5 cm³/mol. The highest BCUT2D eigenvalue weighted by atomic mass is 19.1. The van der Waals surface area contributed by atoms with Crippen molar-refractivity contribution < 1.29 is 4.39 Å². The Morgan fingerprint density at radius 1 is 1.47 bits per heavy atom. The minimum absolute atomic E-state index is 0.230. The maximum Gasteiger partial charge on any atom is 0.135 e. The van der Waals surface area contributed by atoms with Crippen LogP contribution >= 0.6 is 0 Å². The standard InChI is InChI=1S/C14H25FN2/c1-10(15)11(2)16-12-8-13-6-5-7-17(13)14(3,4)9-12/h10,12-13H,5-9H2,1-4H3. The maximum absolute atomic E-state index is 13.2. The van der Waals surface area contributed by atoms with Gasteiger partial charge in [-0.15, -0.1) is 0 Å². The van der Waals surface area contributed by atoms with Gasteiger partial charge in [-0.3, -0.25) is 9.89 Å². The molecule has 0 spiro atoms. The third-order valence-corrected chi connectivity index (χ3v) is 4.40. The molecule has 0 aromatic heterocycles. The molecule has 0 bridgehead atoms. The number of aliphatic imine (C=N–C) groups is 1. The first-order valence-electron chi connectivity index (χ1n) is 6.85. The van der Waals surface area contributed by atoms with E-state index in [-0.39, 0.29) is 5.54 Å². The van der Waals surface area contributed by atoms with Crippen LogP contribution in [0.25, 0.3) is 0 Å². The van der Waals surface area contributed by atoms with E-state index in [0.29, 0.717) is 17.8 Å². The zero-order chi connectivity index (χ0) is 12.6. The normalized spacial score (nSPS) is 35.7. The highest BCUT2D eigenvalue weighted by Gasteiger charge is 2.42. The molecule has 17 heavy (non-hydrogen) atoms. The van der Waals surface area contributed by atoms with Gasteiger partial charge >= 0.3 is 0 Å². The molecule has 0 N–H and O–H groups in total. The van der Waals surface area contributed by atoms with E-state index in [1.54, 1.807) is 6.92 Å². The Hall–Kier alpha value is -0.440. The number of fused-ring (bicyclic) bond motifs is 1. The van der Waals surface area contributed by atoms with Gasteiger partial charge in [-0.1, -0.05) is 0 Å². The summed E-state index contributed by atoms with van der Waals surface area (Å²) in [7, 11) is 0. The van der Waals surface area contributed by atoms with Gasteiger partial charge in [0.1, 0.15) is 6.17 Å². The van der Waals surface area contributed by atoms with Crippen LogP contribution in [0.15, 0.2) is 4.99 Å². The predicted octanol–water partition coefficient (Wildman–Crippen LogP) is 3.21. The number of halogens is 1. The first-order chi connectivity index (χ1) is 7.90. The smallest absolute Gasteiger partial charge is 0.135 e. The van der Waals surface area contributed by atoms with E-state index in [4.69, 9.17) is 0 Å². The molecule has 98 valence electrons. The van der Waals surface area contributed by atoms with Gasteiger partial charge in [-0.05, 0) is 59.9 Å². The van der Waals surface area contributed by atoms with Crippen LogP contribution in [0.2, 0.25) is 0 Å². The Bertz CT molecular complexity index is 309. The van der Waals surface area contributed by atoms with Crippen molar-refractivity contribution in [2.24, 2.45) is 4.99 Å². The maximum atomic E-state index is 13.2. The summed E-state index contributed by atoms with van der Waals surface area (Å²) in [4.78, 5) is 7.24. The summed E-state index contributed by atoms with van der Waals surface area (Å²) < 4.78 is 13.2. The largest absolute Gasteiger partial charge is 0.295 e. The van der Waals surface area contributed by atoms with Crippen LogP contribution in [-0.2, 0) is 0 Å². The zero-order valence-corrected chi connectivity index (χ0v) is 11.5. The number of rotatable bonds is 2. The van der Waals surface area contributed by atoms with Crippen LogP contribution in [0.1, 0.15) is 53.4 Å². The summed E-state index contributed by atoms with van der Waals surface area (Å²) in [5.74, 6) is 0. The molecule has 2 fully saturated rings. The fourth-order valence-electron chi connectivity index (χ4n) is 3.46. The lowest BCUT2D eigenvalue weighted by atomic mass is 9.84. The average molecular weight is 240 g/mol. The second-order valence-corrected chi connectivity index (χ2v) is 6.28. The van der Waals surface area contributed by atoms with Gasteiger partial charge in [-0.25, -0.2) is 4.39 Å². The molecule has 2 aliphatic heterocycles. The third-order valence-electron chi connectivity index (χ3n) is 4.40. The molecule has 0 radical (unpaired) electrons. The minimum atomic E-state index is -0.903. The van der Waals surface area contributed by atoms with Crippen molar-refractivity contribution in [3.05, 3.63) is 0 Å². The van der Waals surface area contributed by atoms with E-state index in [1.165, 1.54) is 19.4 Å². The Labute approximate surface area is 104 Å². The molecule has 2 heterocycles. The van der Waals surface area contributed by atoms with E-state index >= 15 is 0 Å². The molecule has 0 aromatic rings. The van der Waals surface area contributed by atoms with E-state index in [2.05, 4.69) is 23.7 Å². The molecule has 2 rings (SSSR count). The summed E-state index contributed by atoms with van der Waals surface area (Å²) in [5, 5.41) is 0. The highest BCUT2D eigenvalue weighted by molar-refractivity contribution is 5.86. The van der Waals surface area contributed by atoms with Crippen LogP contribution < -0.4 is 0 Å². The second kappa shape index (κ2) is 4.68. The molecule has 3 heteroatoms. The van der Waals surface area contributed by atoms with Crippen molar-refractivity contribution in [3.63, 3.8) is 0 Å². The Balaban J connectivity index is 2.10. The Morgan fingerprint density at radius 2 is 2.18 bits per heavy atom. The zero-order valence-electron chi connectivity index (χ0n) is 11.5. The van der Waals surface area contributed by atoms with Crippen molar-refractivity contribution >= 4 is 5.71 Å². The van der Waals surface area contributed by atoms with Gasteiger partial charge in [0.15, 0.2) is 0 Å². The Kier molecular flexibility index (Phi) is 3.58. The summed E-state index contributed by atoms with van der Waals surface area (Å²) in [6, 6.07) is 0.998. The van der Waals surface area contributed by atoms with Crippen LogP contribution in [0, 0.1) is 0 Å². The fourth-order valence-corrected chi connectivity index (χ4v) is 3.46. The van der Waals surface area contributed by atoms with E-state index in [1.807, 2.05) is 6.92 Å². The first kappa shape index (κ1) is 13.0. The molecule has 0 amide bonds. The fraction of sp³-hybridized carbons (Fsp3) is 0.929. The van der Waals surface area contributed by atoms with Gasteiger partial charge in [0, 0.05) is 17.3 Å². The first-order valence-corrected chi connectivity index (χ1v) is 6.85. The number of nitrogens with zero attached hydrogens (tertiary/aromatic N) is 2. The molecule has 3 unspecified atom stereocenters. The molecular weight excluding hydrogens is 215 g/mol. The van der Waals surface area contributed by atoms with Crippen LogP contribution in [-0.4, -0.2) is 41.0 Å². The average Bonchev–Trinajstić information content (AvgIpc) is 2.65.